The van der Waals surface area contributed by atoms with Crippen LogP contribution >= 0.6 is 12.4 Å². The number of carbonyl (C=O) groups is 1. The van der Waals surface area contributed by atoms with E-state index >= 15 is 0 Å². The second kappa shape index (κ2) is 7.32. The van der Waals surface area contributed by atoms with Crippen molar-refractivity contribution in [3.63, 3.8) is 0 Å². The Morgan fingerprint density at radius 1 is 1.17 bits per heavy atom. The molecule has 1 fully saturated rings. The van der Waals surface area contributed by atoms with Crippen molar-refractivity contribution < 1.29 is 4.79 Å². The SMILES string of the molecule is Cc1cc(Nc2ncnc3[nH]ccc23)c(=O)n2c1C(=O)NC1(CCCCC1)N2C.Cl. The number of hydrogen-bond acceptors (Lipinski definition) is 6. The summed E-state index contributed by atoms with van der Waals surface area (Å²) < 4.78 is 1.53. The molecule has 1 aliphatic carbocycles. The number of fused-ring (bicyclic) bond motifs is 2. The smallest absolute Gasteiger partial charge is 0.293 e. The quantitative estimate of drug-likeness (QED) is 0.577. The van der Waals surface area contributed by atoms with E-state index in [2.05, 4.69) is 25.6 Å². The van der Waals surface area contributed by atoms with E-state index in [1.165, 1.54) is 11.0 Å². The first-order valence-electron chi connectivity index (χ1n) is 9.89. The Balaban J connectivity index is 0.00000218. The molecule has 3 aromatic rings. The van der Waals surface area contributed by atoms with Crippen molar-refractivity contribution >= 4 is 40.9 Å². The van der Waals surface area contributed by atoms with Crippen LogP contribution in [0.2, 0.25) is 0 Å². The van der Waals surface area contributed by atoms with Crippen LogP contribution in [0.3, 0.4) is 0 Å². The van der Waals surface area contributed by atoms with Gasteiger partial charge in [0.2, 0.25) is 0 Å². The molecule has 2 aliphatic rings. The fraction of sp³-hybridized carbons (Fsp3) is 0.400. The molecule has 1 saturated carbocycles. The van der Waals surface area contributed by atoms with Crippen molar-refractivity contribution in [2.75, 3.05) is 17.4 Å². The predicted molar refractivity (Wildman–Crippen MR) is 117 cm³/mol. The van der Waals surface area contributed by atoms with Gasteiger partial charge in [0.1, 0.15) is 34.8 Å². The van der Waals surface area contributed by atoms with Crippen molar-refractivity contribution in [3.05, 3.63) is 46.3 Å². The number of amides is 1. The number of hydrogen-bond donors (Lipinski definition) is 3. The molecule has 9 nitrogen and oxygen atoms in total. The van der Waals surface area contributed by atoms with Crippen molar-refractivity contribution in [2.45, 2.75) is 44.7 Å². The third kappa shape index (κ3) is 2.92. The van der Waals surface area contributed by atoms with Crippen molar-refractivity contribution in [3.8, 4) is 0 Å². The molecule has 10 heteroatoms. The lowest BCUT2D eigenvalue weighted by Crippen LogP contribution is -2.70. The van der Waals surface area contributed by atoms with Crippen LogP contribution in [0.4, 0.5) is 11.5 Å². The fourth-order valence-electron chi connectivity index (χ4n) is 4.61. The zero-order chi connectivity index (χ0) is 20.2. The van der Waals surface area contributed by atoms with E-state index < -0.39 is 5.66 Å². The highest BCUT2D eigenvalue weighted by Crippen LogP contribution is 2.33. The van der Waals surface area contributed by atoms with Crippen molar-refractivity contribution in [2.24, 2.45) is 0 Å². The van der Waals surface area contributed by atoms with Crippen LogP contribution in [-0.4, -0.2) is 38.2 Å². The summed E-state index contributed by atoms with van der Waals surface area (Å²) in [5.41, 5.74) is 1.39. The van der Waals surface area contributed by atoms with E-state index in [9.17, 15) is 9.59 Å². The van der Waals surface area contributed by atoms with Crippen LogP contribution < -0.4 is 21.2 Å². The van der Waals surface area contributed by atoms with Crippen LogP contribution in [0.5, 0.6) is 0 Å². The van der Waals surface area contributed by atoms with Gasteiger partial charge in [-0.2, -0.15) is 0 Å². The van der Waals surface area contributed by atoms with E-state index in [1.807, 2.05) is 25.0 Å². The number of rotatable bonds is 2. The molecule has 0 unspecified atom stereocenters. The molecule has 3 aromatic heterocycles. The minimum Gasteiger partial charge on any atom is -0.346 e. The molecule has 1 amide bonds. The summed E-state index contributed by atoms with van der Waals surface area (Å²) in [5, 5.41) is 9.04. The average Bonchev–Trinajstić information content (AvgIpc) is 3.19. The van der Waals surface area contributed by atoms with Crippen LogP contribution in [0.1, 0.15) is 48.2 Å². The molecule has 1 aliphatic heterocycles. The van der Waals surface area contributed by atoms with Gasteiger partial charge in [0.25, 0.3) is 11.5 Å². The Labute approximate surface area is 179 Å². The highest BCUT2D eigenvalue weighted by atomic mass is 35.5. The Bertz CT molecular complexity index is 1180. The average molecular weight is 430 g/mol. The number of aromatic amines is 1. The number of aryl methyl sites for hydroxylation is 1. The number of nitrogens with one attached hydrogen (secondary N) is 3. The number of halogens is 1. The van der Waals surface area contributed by atoms with E-state index in [4.69, 9.17) is 0 Å². The van der Waals surface area contributed by atoms with Crippen LogP contribution in [-0.2, 0) is 0 Å². The minimum absolute atomic E-state index is 0. The number of pyridine rings is 1. The summed E-state index contributed by atoms with van der Waals surface area (Å²) >= 11 is 0. The molecular weight excluding hydrogens is 406 g/mol. The third-order valence-corrected chi connectivity index (χ3v) is 6.14. The number of nitrogens with zero attached hydrogens (tertiary/aromatic N) is 4. The molecule has 0 aromatic carbocycles. The molecule has 5 rings (SSSR count). The maximum absolute atomic E-state index is 13.5. The molecular formula is C20H24ClN7O2. The summed E-state index contributed by atoms with van der Waals surface area (Å²) in [6.45, 7) is 1.84. The second-order valence-electron chi connectivity index (χ2n) is 7.86. The van der Waals surface area contributed by atoms with Gasteiger partial charge in [0, 0.05) is 13.2 Å². The highest BCUT2D eigenvalue weighted by molar-refractivity contribution is 5.96. The van der Waals surface area contributed by atoms with Crippen molar-refractivity contribution in [1.29, 1.82) is 0 Å². The van der Waals surface area contributed by atoms with Gasteiger partial charge in [0.05, 0.1) is 5.39 Å². The second-order valence-corrected chi connectivity index (χ2v) is 7.86. The van der Waals surface area contributed by atoms with Gasteiger partial charge in [-0.15, -0.1) is 12.4 Å². The molecule has 0 atom stereocenters. The van der Waals surface area contributed by atoms with Gasteiger partial charge >= 0.3 is 0 Å². The monoisotopic (exact) mass is 429 g/mol. The van der Waals surface area contributed by atoms with Crippen LogP contribution in [0.15, 0.2) is 29.5 Å². The molecule has 158 valence electrons. The summed E-state index contributed by atoms with van der Waals surface area (Å²) in [5.74, 6) is 0.352. The Morgan fingerprint density at radius 3 is 2.70 bits per heavy atom. The van der Waals surface area contributed by atoms with E-state index in [0.29, 0.717) is 22.8 Å². The van der Waals surface area contributed by atoms with Crippen LogP contribution in [0.25, 0.3) is 11.0 Å². The number of anilines is 2. The lowest BCUT2D eigenvalue weighted by molar-refractivity contribution is 0.0773. The first-order chi connectivity index (χ1) is 14.0. The highest BCUT2D eigenvalue weighted by Gasteiger charge is 2.44. The third-order valence-electron chi connectivity index (χ3n) is 6.14. The van der Waals surface area contributed by atoms with Gasteiger partial charge in [-0.1, -0.05) is 6.42 Å². The van der Waals surface area contributed by atoms with Crippen LogP contribution in [0, 0.1) is 6.92 Å². The molecule has 0 saturated heterocycles. The first-order valence-corrected chi connectivity index (χ1v) is 9.89. The maximum atomic E-state index is 13.5. The summed E-state index contributed by atoms with van der Waals surface area (Å²) in [6.07, 6.45) is 8.08. The van der Waals surface area contributed by atoms with E-state index in [-0.39, 0.29) is 23.9 Å². The molecule has 0 bridgehead atoms. The Kier molecular flexibility index (Phi) is 4.93. The Morgan fingerprint density at radius 2 is 1.93 bits per heavy atom. The molecule has 30 heavy (non-hydrogen) atoms. The first kappa shape index (κ1) is 20.2. The summed E-state index contributed by atoms with van der Waals surface area (Å²) in [6, 6.07) is 3.57. The van der Waals surface area contributed by atoms with Crippen molar-refractivity contribution in [1.82, 2.24) is 24.9 Å². The summed E-state index contributed by atoms with van der Waals surface area (Å²) in [7, 11) is 1.88. The lowest BCUT2D eigenvalue weighted by Gasteiger charge is -2.50. The van der Waals surface area contributed by atoms with Gasteiger partial charge in [-0.05, 0) is 50.3 Å². The minimum atomic E-state index is -0.514. The zero-order valence-corrected chi connectivity index (χ0v) is 17.7. The van der Waals surface area contributed by atoms with Gasteiger partial charge < -0.3 is 15.6 Å². The maximum Gasteiger partial charge on any atom is 0.293 e. The van der Waals surface area contributed by atoms with Gasteiger partial charge in [-0.3, -0.25) is 14.6 Å². The summed E-state index contributed by atoms with van der Waals surface area (Å²) in [4.78, 5) is 37.9. The fourth-order valence-corrected chi connectivity index (χ4v) is 4.61. The molecule has 4 heterocycles. The normalized spacial score (nSPS) is 17.4. The topological polar surface area (TPSA) is 108 Å². The van der Waals surface area contributed by atoms with E-state index in [1.54, 1.807) is 12.3 Å². The predicted octanol–water partition coefficient (Wildman–Crippen LogP) is 2.57. The number of carbonyl (C=O) groups excluding carboxylic acids is 1. The molecule has 3 N–H and O–H groups in total. The zero-order valence-electron chi connectivity index (χ0n) is 16.9. The largest absolute Gasteiger partial charge is 0.346 e. The van der Waals surface area contributed by atoms with Gasteiger partial charge in [-0.25, -0.2) is 14.6 Å². The molecule has 0 radical (unpaired) electrons. The van der Waals surface area contributed by atoms with Gasteiger partial charge in [0.15, 0.2) is 0 Å². The lowest BCUT2D eigenvalue weighted by atomic mass is 9.87. The Hall–Kier alpha value is -3.07. The standard InChI is InChI=1S/C20H23N7O2.ClH/c1-12-10-14(24-17-13-6-9-21-16(13)22-11-23-17)19(29)27-15(12)18(28)25-20(26(27)2)7-4-3-5-8-20;/h6,9-11H,3-5,7-8H2,1-2H3,(H,25,28)(H2,21,22,23,24);1H. The van der Waals surface area contributed by atoms with E-state index in [0.717, 1.165) is 43.1 Å². The molecule has 1 spiro atoms. The number of aromatic nitrogens is 4. The number of H-pyrrole nitrogens is 1.